The van der Waals surface area contributed by atoms with Crippen LogP contribution in [0.25, 0.3) is 0 Å². The van der Waals surface area contributed by atoms with Gasteiger partial charge in [-0.05, 0) is 51.0 Å². The molecule has 0 aromatic heterocycles. The van der Waals surface area contributed by atoms with Gasteiger partial charge in [0.2, 0.25) is 0 Å². The molecule has 0 amide bonds. The molecule has 76 valence electrons. The quantitative estimate of drug-likeness (QED) is 0.693. The van der Waals surface area contributed by atoms with Gasteiger partial charge in [-0.2, -0.15) is 0 Å². The Morgan fingerprint density at radius 2 is 2.08 bits per heavy atom. The molecule has 2 fully saturated rings. The first kappa shape index (κ1) is 9.47. The number of rotatable bonds is 4. The van der Waals surface area contributed by atoms with Gasteiger partial charge in [-0.3, -0.25) is 0 Å². The van der Waals surface area contributed by atoms with Gasteiger partial charge in [-0.1, -0.05) is 6.92 Å². The van der Waals surface area contributed by atoms with Gasteiger partial charge in [-0.25, -0.2) is 0 Å². The highest BCUT2D eigenvalue weighted by Gasteiger charge is 2.32. The minimum atomic E-state index is 0.211. The average Bonchev–Trinajstić information content (AvgIpc) is 1.98. The molecule has 13 heavy (non-hydrogen) atoms. The summed E-state index contributed by atoms with van der Waals surface area (Å²) in [6, 6.07) is 0.804. The Labute approximate surface area is 81.3 Å². The van der Waals surface area contributed by atoms with E-state index in [1.165, 1.54) is 38.5 Å². The molecule has 2 heteroatoms. The van der Waals surface area contributed by atoms with Crippen LogP contribution in [0.5, 0.6) is 0 Å². The zero-order chi connectivity index (χ0) is 9.31. The van der Waals surface area contributed by atoms with E-state index in [0.29, 0.717) is 0 Å². The molecule has 0 radical (unpaired) electrons. The summed E-state index contributed by atoms with van der Waals surface area (Å²) in [7, 11) is 0. The molecule has 2 rings (SSSR count). The van der Waals surface area contributed by atoms with Crippen LogP contribution in [0.1, 0.15) is 45.4 Å². The van der Waals surface area contributed by atoms with Crippen molar-refractivity contribution < 1.29 is 0 Å². The molecule has 0 spiro atoms. The first-order valence-corrected chi connectivity index (χ1v) is 5.70. The second-order valence-electron chi connectivity index (χ2n) is 5.19. The van der Waals surface area contributed by atoms with E-state index in [1.54, 1.807) is 0 Å². The van der Waals surface area contributed by atoms with Gasteiger partial charge in [0.25, 0.3) is 0 Å². The van der Waals surface area contributed by atoms with Crippen molar-refractivity contribution in [2.24, 2.45) is 11.7 Å². The Hall–Kier alpha value is -0.0800. The largest absolute Gasteiger partial charge is 0.325 e. The summed E-state index contributed by atoms with van der Waals surface area (Å²) in [6.45, 7) is 3.46. The maximum absolute atomic E-state index is 6.14. The molecule has 0 heterocycles. The molecule has 0 saturated heterocycles. The fraction of sp³-hybridized carbons (Fsp3) is 1.00. The maximum atomic E-state index is 6.14. The number of hydrogen-bond acceptors (Lipinski definition) is 2. The van der Waals surface area contributed by atoms with Crippen LogP contribution in [0.2, 0.25) is 0 Å². The van der Waals surface area contributed by atoms with E-state index in [1.807, 2.05) is 0 Å². The summed E-state index contributed by atoms with van der Waals surface area (Å²) >= 11 is 0. The summed E-state index contributed by atoms with van der Waals surface area (Å²) < 4.78 is 0. The predicted molar refractivity (Wildman–Crippen MR) is 55.6 cm³/mol. The summed E-state index contributed by atoms with van der Waals surface area (Å²) in [5.74, 6) is 0.952. The average molecular weight is 182 g/mol. The van der Waals surface area contributed by atoms with Crippen molar-refractivity contribution in [2.45, 2.75) is 57.0 Å². The van der Waals surface area contributed by atoms with Crippen LogP contribution >= 0.6 is 0 Å². The predicted octanol–water partition coefficient (Wildman–Crippen LogP) is 1.65. The highest BCUT2D eigenvalue weighted by Crippen LogP contribution is 2.32. The molecule has 2 saturated carbocycles. The van der Waals surface area contributed by atoms with E-state index < -0.39 is 0 Å². The van der Waals surface area contributed by atoms with E-state index >= 15 is 0 Å². The molecule has 0 atom stereocenters. The molecule has 2 aliphatic carbocycles. The lowest BCUT2D eigenvalue weighted by molar-refractivity contribution is 0.202. The fourth-order valence-corrected chi connectivity index (χ4v) is 2.48. The molecule has 0 aromatic rings. The molecule has 0 aliphatic heterocycles. The number of nitrogens with one attached hydrogen (secondary N) is 1. The van der Waals surface area contributed by atoms with Crippen molar-refractivity contribution in [1.82, 2.24) is 5.32 Å². The Balaban J connectivity index is 1.54. The highest BCUT2D eigenvalue weighted by molar-refractivity contribution is 4.93. The second kappa shape index (κ2) is 3.58. The minimum absolute atomic E-state index is 0.211. The molecular formula is C11H22N2. The van der Waals surface area contributed by atoms with Crippen molar-refractivity contribution >= 4 is 0 Å². The lowest BCUT2D eigenvalue weighted by Crippen LogP contribution is -2.50. The Bertz CT molecular complexity index is 169. The van der Waals surface area contributed by atoms with Gasteiger partial charge in [0.05, 0.1) is 0 Å². The first-order valence-electron chi connectivity index (χ1n) is 5.70. The van der Waals surface area contributed by atoms with Crippen molar-refractivity contribution in [3.05, 3.63) is 0 Å². The van der Waals surface area contributed by atoms with Crippen molar-refractivity contribution in [3.8, 4) is 0 Å². The van der Waals surface area contributed by atoms with Gasteiger partial charge in [0.15, 0.2) is 0 Å². The maximum Gasteiger partial charge on any atom is 0.0166 e. The van der Waals surface area contributed by atoms with Gasteiger partial charge >= 0.3 is 0 Å². The lowest BCUT2D eigenvalue weighted by atomic mass is 9.75. The smallest absolute Gasteiger partial charge is 0.0166 e. The Morgan fingerprint density at radius 1 is 1.38 bits per heavy atom. The summed E-state index contributed by atoms with van der Waals surface area (Å²) in [5, 5.41) is 3.59. The van der Waals surface area contributed by atoms with E-state index in [2.05, 4.69) is 12.2 Å². The second-order valence-corrected chi connectivity index (χ2v) is 5.19. The van der Waals surface area contributed by atoms with Crippen molar-refractivity contribution in [1.29, 1.82) is 0 Å². The standard InChI is InChI=1S/C11H22N2/c1-9-7-10(8-9)13-6-5-11(12)3-2-4-11/h9-10,13H,2-8,12H2,1H3. The van der Waals surface area contributed by atoms with Crippen molar-refractivity contribution in [2.75, 3.05) is 6.54 Å². The highest BCUT2D eigenvalue weighted by atomic mass is 14.9. The first-order chi connectivity index (χ1) is 6.18. The molecule has 3 N–H and O–H groups in total. The van der Waals surface area contributed by atoms with Crippen molar-refractivity contribution in [3.63, 3.8) is 0 Å². The van der Waals surface area contributed by atoms with Gasteiger partial charge < -0.3 is 11.1 Å². The van der Waals surface area contributed by atoms with E-state index in [-0.39, 0.29) is 5.54 Å². The topological polar surface area (TPSA) is 38.0 Å². The molecular weight excluding hydrogens is 160 g/mol. The van der Waals surface area contributed by atoms with Crippen LogP contribution in [0.15, 0.2) is 0 Å². The number of nitrogens with two attached hydrogens (primary N) is 1. The summed E-state index contributed by atoms with van der Waals surface area (Å²) in [4.78, 5) is 0. The van der Waals surface area contributed by atoms with E-state index in [4.69, 9.17) is 5.73 Å². The van der Waals surface area contributed by atoms with Crippen LogP contribution in [0, 0.1) is 5.92 Å². The van der Waals surface area contributed by atoms with Crippen LogP contribution < -0.4 is 11.1 Å². The van der Waals surface area contributed by atoms with E-state index in [0.717, 1.165) is 18.5 Å². The van der Waals surface area contributed by atoms with E-state index in [9.17, 15) is 0 Å². The third-order valence-corrected chi connectivity index (χ3v) is 3.78. The van der Waals surface area contributed by atoms with Gasteiger partial charge in [-0.15, -0.1) is 0 Å². The van der Waals surface area contributed by atoms with Crippen LogP contribution in [-0.4, -0.2) is 18.1 Å². The molecule has 0 unspecified atom stereocenters. The summed E-state index contributed by atoms with van der Waals surface area (Å²) in [5.41, 5.74) is 6.35. The third-order valence-electron chi connectivity index (χ3n) is 3.78. The molecule has 0 bridgehead atoms. The zero-order valence-electron chi connectivity index (χ0n) is 8.68. The lowest BCUT2D eigenvalue weighted by Gasteiger charge is -2.40. The summed E-state index contributed by atoms with van der Waals surface area (Å²) in [6.07, 6.45) is 7.76. The zero-order valence-corrected chi connectivity index (χ0v) is 8.68. The monoisotopic (exact) mass is 182 g/mol. The Morgan fingerprint density at radius 3 is 2.54 bits per heavy atom. The molecule has 0 aromatic carbocycles. The van der Waals surface area contributed by atoms with Gasteiger partial charge in [0, 0.05) is 11.6 Å². The van der Waals surface area contributed by atoms with Gasteiger partial charge in [0.1, 0.15) is 0 Å². The Kier molecular flexibility index (Phi) is 2.61. The van der Waals surface area contributed by atoms with Crippen LogP contribution in [0.3, 0.4) is 0 Å². The number of hydrogen-bond donors (Lipinski definition) is 2. The molecule has 2 nitrogen and oxygen atoms in total. The molecule has 2 aliphatic rings. The fourth-order valence-electron chi connectivity index (χ4n) is 2.48. The normalized spacial score (nSPS) is 36.5. The SMILES string of the molecule is CC1CC(NCCC2(N)CCC2)C1. The minimum Gasteiger partial charge on any atom is -0.325 e. The third kappa shape index (κ3) is 2.23. The van der Waals surface area contributed by atoms with Crippen LogP contribution in [-0.2, 0) is 0 Å². The van der Waals surface area contributed by atoms with Crippen LogP contribution in [0.4, 0.5) is 0 Å².